The number of ether oxygens (including phenoxy) is 3. The Balaban J connectivity index is 1.69. The van der Waals surface area contributed by atoms with E-state index in [1.807, 2.05) is 0 Å². The van der Waals surface area contributed by atoms with Crippen LogP contribution < -0.4 is 11.2 Å². The van der Waals surface area contributed by atoms with Crippen LogP contribution in [0.4, 0.5) is 4.39 Å². The average Bonchev–Trinajstić information content (AvgIpc) is 3.65. The molecule has 0 aromatic carbocycles. The minimum Gasteiger partial charge on any atom is -0.462 e. The van der Waals surface area contributed by atoms with Gasteiger partial charge in [0.2, 0.25) is 5.82 Å². The number of carbonyl (C=O) groups is 2. The zero-order valence-electron chi connectivity index (χ0n) is 45.6. The van der Waals surface area contributed by atoms with Crippen LogP contribution in [0.2, 0.25) is 0 Å². The molecule has 426 valence electrons. The number of aromatic nitrogens is 2. The van der Waals surface area contributed by atoms with Gasteiger partial charge in [0, 0.05) is 12.8 Å². The highest BCUT2D eigenvalue weighted by atomic mass is 31.2. The summed E-state index contributed by atoms with van der Waals surface area (Å²) in [7, 11) is -4.94. The molecule has 1 aliphatic rings. The number of unbranched alkanes of at least 4 members (excludes halogenated alkanes) is 36. The quantitative estimate of drug-likeness (QED) is 0.0272. The number of halogens is 1. The van der Waals surface area contributed by atoms with Crippen molar-refractivity contribution in [1.29, 1.82) is 0 Å². The van der Waals surface area contributed by atoms with Crippen molar-refractivity contribution in [3.05, 3.63) is 32.9 Å². The van der Waals surface area contributed by atoms with Gasteiger partial charge in [-0.3, -0.25) is 33.0 Å². The van der Waals surface area contributed by atoms with E-state index in [1.165, 1.54) is 186 Å². The van der Waals surface area contributed by atoms with Crippen molar-refractivity contribution in [2.75, 3.05) is 19.8 Å². The van der Waals surface area contributed by atoms with E-state index in [0.717, 1.165) is 44.9 Å². The Morgan fingerprint density at radius 1 is 0.589 bits per heavy atom. The second-order valence-corrected chi connectivity index (χ2v) is 22.2. The molecule has 0 aliphatic carbocycles. The maximum Gasteiger partial charge on any atom is 0.472 e. The van der Waals surface area contributed by atoms with Crippen molar-refractivity contribution in [3.63, 3.8) is 0 Å². The van der Waals surface area contributed by atoms with Gasteiger partial charge in [-0.15, -0.1) is 0 Å². The predicted molar refractivity (Wildman–Crippen MR) is 286 cm³/mol. The summed E-state index contributed by atoms with van der Waals surface area (Å²) >= 11 is 0. The van der Waals surface area contributed by atoms with Gasteiger partial charge in [0.05, 0.1) is 19.4 Å². The average molecular weight is 1060 g/mol. The lowest BCUT2D eigenvalue weighted by molar-refractivity contribution is -0.161. The van der Waals surface area contributed by atoms with Gasteiger partial charge in [-0.25, -0.2) is 9.36 Å². The summed E-state index contributed by atoms with van der Waals surface area (Å²) in [4.78, 5) is 61.6. The van der Waals surface area contributed by atoms with E-state index in [-0.39, 0.29) is 12.8 Å². The van der Waals surface area contributed by atoms with Gasteiger partial charge in [0.1, 0.15) is 24.9 Å². The number of hydrogen-bond acceptors (Lipinski definition) is 12. The van der Waals surface area contributed by atoms with Crippen LogP contribution in [0.25, 0.3) is 0 Å². The van der Waals surface area contributed by atoms with E-state index in [4.69, 9.17) is 23.3 Å². The molecule has 0 radical (unpaired) electrons. The molecule has 2 unspecified atom stereocenters. The third-order valence-corrected chi connectivity index (χ3v) is 15.0. The molecule has 17 heteroatoms. The molecule has 2 rings (SSSR count). The van der Waals surface area contributed by atoms with Crippen LogP contribution in [-0.2, 0) is 37.4 Å². The number of aliphatic hydroxyl groups excluding tert-OH is 2. The predicted octanol–water partition coefficient (Wildman–Crippen LogP) is 13.5. The molecular weight excluding hydrogens is 959 g/mol. The van der Waals surface area contributed by atoms with Crippen LogP contribution in [-0.4, -0.2) is 80.8 Å². The van der Waals surface area contributed by atoms with Crippen molar-refractivity contribution in [2.45, 2.75) is 301 Å². The fourth-order valence-corrected chi connectivity index (χ4v) is 10.2. The Bertz CT molecular complexity index is 1700. The Morgan fingerprint density at radius 2 is 0.959 bits per heavy atom. The van der Waals surface area contributed by atoms with Gasteiger partial charge in [-0.2, -0.15) is 4.39 Å². The minimum absolute atomic E-state index is 0.110. The van der Waals surface area contributed by atoms with E-state index in [1.54, 1.807) is 4.98 Å². The summed E-state index contributed by atoms with van der Waals surface area (Å²) in [5.41, 5.74) is -2.41. The second kappa shape index (κ2) is 43.6. The van der Waals surface area contributed by atoms with Gasteiger partial charge in [-0.05, 0) is 12.8 Å². The number of carbonyl (C=O) groups excluding carboxylic acids is 2. The van der Waals surface area contributed by atoms with Crippen LogP contribution in [0.3, 0.4) is 0 Å². The van der Waals surface area contributed by atoms with Gasteiger partial charge >= 0.3 is 25.5 Å². The molecular formula is C56H102FN2O13P. The molecule has 0 spiro atoms. The smallest absolute Gasteiger partial charge is 0.462 e. The maximum atomic E-state index is 13.9. The maximum absolute atomic E-state index is 13.9. The Hall–Kier alpha value is -2.46. The van der Waals surface area contributed by atoms with Crippen molar-refractivity contribution in [2.24, 2.45) is 0 Å². The summed E-state index contributed by atoms with van der Waals surface area (Å²) in [6.45, 7) is 2.62. The van der Waals surface area contributed by atoms with Crippen molar-refractivity contribution in [3.8, 4) is 0 Å². The highest BCUT2D eigenvalue weighted by Crippen LogP contribution is 2.44. The molecule has 1 aromatic heterocycles. The Kier molecular flexibility index (Phi) is 39.8. The summed E-state index contributed by atoms with van der Waals surface area (Å²) in [6.07, 6.45) is 39.9. The number of rotatable bonds is 50. The molecule has 6 atom stereocenters. The van der Waals surface area contributed by atoms with Crippen molar-refractivity contribution < 1.29 is 56.9 Å². The lowest BCUT2D eigenvalue weighted by atomic mass is 10.0. The molecule has 4 N–H and O–H groups in total. The zero-order chi connectivity index (χ0) is 53.2. The van der Waals surface area contributed by atoms with Crippen molar-refractivity contribution in [1.82, 2.24) is 9.55 Å². The number of aromatic amines is 1. The summed E-state index contributed by atoms with van der Waals surface area (Å²) < 4.78 is 54.0. The first-order chi connectivity index (χ1) is 35.4. The highest BCUT2D eigenvalue weighted by molar-refractivity contribution is 7.47. The van der Waals surface area contributed by atoms with E-state index >= 15 is 0 Å². The lowest BCUT2D eigenvalue weighted by Gasteiger charge is -2.21. The number of H-pyrrole nitrogens is 1. The van der Waals surface area contributed by atoms with Crippen molar-refractivity contribution >= 4 is 19.8 Å². The monoisotopic (exact) mass is 1060 g/mol. The molecule has 0 saturated carbocycles. The van der Waals surface area contributed by atoms with Gasteiger partial charge < -0.3 is 29.3 Å². The summed E-state index contributed by atoms with van der Waals surface area (Å²) in [5, 5.41) is 21.0. The largest absolute Gasteiger partial charge is 0.472 e. The SMILES string of the molecule is CCCCCCCCCCCCCCCCCCCCCC(=O)OC[C@H](COP(=O)(O)OC[C@H]1O[C@@H](n2cc(F)c(=O)[nH]c2=O)[C@@H](O)C1O)OC(=O)CCCCCCCCCCCCCCCCCCCCC. The molecule has 73 heavy (non-hydrogen) atoms. The zero-order valence-corrected chi connectivity index (χ0v) is 46.5. The molecule has 0 bridgehead atoms. The number of phosphoric ester groups is 1. The fraction of sp³-hybridized carbons (Fsp3) is 0.893. The molecule has 15 nitrogen and oxygen atoms in total. The van der Waals surface area contributed by atoms with E-state index in [0.29, 0.717) is 23.6 Å². The minimum atomic E-state index is -4.94. The Labute approximate surface area is 438 Å². The first kappa shape index (κ1) is 66.7. The number of nitrogens with zero attached hydrogens (tertiary/aromatic N) is 1. The van der Waals surface area contributed by atoms with Crippen LogP contribution in [0.15, 0.2) is 15.8 Å². The molecule has 1 aliphatic heterocycles. The molecule has 2 heterocycles. The first-order valence-electron chi connectivity index (χ1n) is 29.4. The topological polar surface area (TPSA) is 213 Å². The van der Waals surface area contributed by atoms with Crippen LogP contribution >= 0.6 is 7.82 Å². The first-order valence-corrected chi connectivity index (χ1v) is 30.9. The normalized spacial score (nSPS) is 18.0. The molecule has 0 amide bonds. The van der Waals surface area contributed by atoms with Crippen LogP contribution in [0, 0.1) is 5.82 Å². The van der Waals surface area contributed by atoms with Gasteiger partial charge in [0.15, 0.2) is 12.3 Å². The van der Waals surface area contributed by atoms with E-state index < -0.39 is 87.3 Å². The van der Waals surface area contributed by atoms with Crippen LogP contribution in [0.1, 0.15) is 277 Å². The van der Waals surface area contributed by atoms with Gasteiger partial charge in [-0.1, -0.05) is 245 Å². The number of esters is 2. The second-order valence-electron chi connectivity index (χ2n) is 20.8. The summed E-state index contributed by atoms with van der Waals surface area (Å²) in [5.74, 6) is -2.40. The molecule has 1 saturated heterocycles. The number of nitrogens with one attached hydrogen (secondary N) is 1. The van der Waals surface area contributed by atoms with E-state index in [2.05, 4.69) is 13.8 Å². The van der Waals surface area contributed by atoms with Gasteiger partial charge in [0.25, 0.3) is 5.56 Å². The Morgan fingerprint density at radius 3 is 1.36 bits per heavy atom. The number of hydrogen-bond donors (Lipinski definition) is 4. The molecule has 1 fully saturated rings. The number of phosphoric acid groups is 1. The standard InChI is InChI=1S/C56H102FN2O13P/c1-3-5-7-9-11-13-15-17-19-21-23-25-27-29-31-33-35-37-39-41-50(60)68-44-47(71-51(61)42-40-38-36-34-32-30-28-26-24-22-20-18-16-14-12-10-8-6-4-2)45-69-73(66,67)70-46-49-52(62)53(63)55(72-49)59-43-48(57)54(64)58-56(59)65/h43,47,49,52-53,55,62-63H,3-42,44-46H2,1-2H3,(H,66,67)(H,58,64,65)/t47-,49-,52?,53+,55-/m1/s1. The lowest BCUT2D eigenvalue weighted by Crippen LogP contribution is -2.38. The van der Waals surface area contributed by atoms with Crippen LogP contribution in [0.5, 0.6) is 0 Å². The third-order valence-electron chi connectivity index (χ3n) is 14.1. The third kappa shape index (κ3) is 34.0. The highest BCUT2D eigenvalue weighted by Gasteiger charge is 2.45. The molecule has 1 aromatic rings. The summed E-state index contributed by atoms with van der Waals surface area (Å²) in [6, 6.07) is 0. The van der Waals surface area contributed by atoms with E-state index in [9.17, 15) is 43.2 Å². The fourth-order valence-electron chi connectivity index (χ4n) is 9.44. The number of aliphatic hydroxyl groups is 2.